The van der Waals surface area contributed by atoms with Crippen molar-refractivity contribution in [1.82, 2.24) is 9.88 Å². The predicted molar refractivity (Wildman–Crippen MR) is 217 cm³/mol. The summed E-state index contributed by atoms with van der Waals surface area (Å²) in [7, 11) is 5.77. The van der Waals surface area contributed by atoms with Crippen molar-refractivity contribution < 1.29 is 57.0 Å². The van der Waals surface area contributed by atoms with Gasteiger partial charge in [-0.1, -0.05) is 78.9 Å². The van der Waals surface area contributed by atoms with Crippen LogP contribution in [0.3, 0.4) is 0 Å². The summed E-state index contributed by atoms with van der Waals surface area (Å²) < 4.78 is 50.6. The number of para-hydroxylation sites is 1. The summed E-state index contributed by atoms with van der Waals surface area (Å²) >= 11 is 0. The van der Waals surface area contributed by atoms with Crippen LogP contribution in [0.2, 0.25) is 0 Å². The number of cyclic esters (lactones) is 1. The molecule has 5 aromatic carbocycles. The molecule has 0 spiro atoms. The number of carbonyl (C=O) groups excluding carboxylic acids is 3. The average molecular weight is 816 g/mol. The van der Waals surface area contributed by atoms with Crippen molar-refractivity contribution in [2.45, 2.75) is 31.3 Å². The Hall–Kier alpha value is -7.55. The van der Waals surface area contributed by atoms with Crippen molar-refractivity contribution in [2.24, 2.45) is 0 Å². The van der Waals surface area contributed by atoms with Crippen LogP contribution in [0.5, 0.6) is 34.5 Å². The van der Waals surface area contributed by atoms with Crippen molar-refractivity contribution in [3.63, 3.8) is 0 Å². The van der Waals surface area contributed by atoms with E-state index in [4.69, 9.17) is 42.6 Å². The number of benzene rings is 5. The minimum atomic E-state index is -0.952. The Morgan fingerprint density at radius 2 is 1.20 bits per heavy atom. The molecule has 6 aromatic rings. The number of fused-ring (bicyclic) bond motifs is 4. The average Bonchev–Trinajstić information content (AvgIpc) is 3.86. The fourth-order valence-corrected chi connectivity index (χ4v) is 7.62. The number of carbonyl (C=O) groups is 3. The molecule has 15 heteroatoms. The van der Waals surface area contributed by atoms with Gasteiger partial charge in [-0.2, -0.15) is 0 Å². The van der Waals surface area contributed by atoms with Gasteiger partial charge >= 0.3 is 18.4 Å². The van der Waals surface area contributed by atoms with Crippen LogP contribution in [0.4, 0.5) is 20.1 Å². The van der Waals surface area contributed by atoms with Crippen LogP contribution < -0.4 is 33.7 Å². The Kier molecular flexibility index (Phi) is 11.2. The normalized spacial score (nSPS) is 16.5. The van der Waals surface area contributed by atoms with Gasteiger partial charge in [0.05, 0.1) is 40.5 Å². The quantitative estimate of drug-likeness (QED) is 0.0647. The summed E-state index contributed by atoms with van der Waals surface area (Å²) in [5.74, 6) is 0.780. The number of methoxy groups -OCH3 is 4. The van der Waals surface area contributed by atoms with E-state index in [1.807, 2.05) is 84.9 Å². The molecular weight excluding hydrogens is 775 g/mol. The van der Waals surface area contributed by atoms with Crippen molar-refractivity contribution in [1.29, 1.82) is 0 Å². The topological polar surface area (TPSA) is 165 Å². The number of nitrogens with one attached hydrogen (secondary N) is 2. The van der Waals surface area contributed by atoms with E-state index in [1.165, 1.54) is 28.4 Å². The highest BCUT2D eigenvalue weighted by atomic mass is 16.7. The molecule has 1 amide bonds. The molecule has 3 atom stereocenters. The Balaban J connectivity index is 1.13. The summed E-state index contributed by atoms with van der Waals surface area (Å²) in [6.45, 7) is 0.0690. The van der Waals surface area contributed by atoms with Crippen molar-refractivity contribution in [3.05, 3.63) is 137 Å². The van der Waals surface area contributed by atoms with Crippen LogP contribution in [0, 0.1) is 0 Å². The van der Waals surface area contributed by atoms with Gasteiger partial charge in [0.2, 0.25) is 11.5 Å². The van der Waals surface area contributed by atoms with Crippen LogP contribution in [0.25, 0.3) is 10.9 Å². The maximum Gasteiger partial charge on any atom is 0.514 e. The molecule has 3 heterocycles. The number of nitrogens with zero attached hydrogens (tertiary/aromatic N) is 1. The molecule has 2 aliphatic heterocycles. The van der Waals surface area contributed by atoms with E-state index < -0.39 is 36.5 Å². The van der Waals surface area contributed by atoms with E-state index in [2.05, 4.69) is 10.3 Å². The molecule has 308 valence electrons. The van der Waals surface area contributed by atoms with Gasteiger partial charge in [0.25, 0.3) is 0 Å². The van der Waals surface area contributed by atoms with Crippen LogP contribution >= 0.6 is 0 Å². The summed E-state index contributed by atoms with van der Waals surface area (Å²) in [5.41, 5.74) is 5.12. The highest BCUT2D eigenvalue weighted by molar-refractivity contribution is 5.88. The number of anilines is 1. The number of H-pyrrole nitrogens is 1. The molecule has 15 nitrogen and oxygen atoms in total. The van der Waals surface area contributed by atoms with Gasteiger partial charge in [0.15, 0.2) is 23.0 Å². The molecule has 0 aliphatic carbocycles. The monoisotopic (exact) mass is 815 g/mol. The zero-order chi connectivity index (χ0) is 41.8. The van der Waals surface area contributed by atoms with Gasteiger partial charge in [-0.25, -0.2) is 14.4 Å². The van der Waals surface area contributed by atoms with Gasteiger partial charge in [-0.05, 0) is 34.9 Å². The molecule has 8 rings (SSSR count). The van der Waals surface area contributed by atoms with Crippen LogP contribution in [-0.4, -0.2) is 69.4 Å². The van der Waals surface area contributed by atoms with Crippen molar-refractivity contribution in [2.75, 3.05) is 40.4 Å². The second-order valence-corrected chi connectivity index (χ2v) is 13.8. The third kappa shape index (κ3) is 7.72. The number of hydrogen-bond donors (Lipinski definition) is 2. The summed E-state index contributed by atoms with van der Waals surface area (Å²) in [6.07, 6.45) is -2.44. The Bertz CT molecular complexity index is 2480. The first-order valence-corrected chi connectivity index (χ1v) is 18.9. The zero-order valence-electron chi connectivity index (χ0n) is 33.1. The lowest BCUT2D eigenvalue weighted by atomic mass is 9.85. The SMILES string of the molecule is COc1cc(N[C@@H]2c3c([nH]c4ccccc34)[C@@H](c3cc(OC)c(OC(=O)OCc4ccccc4)c(OC)c3)N3C(=O)OC[C@H]23)cc(OC)c1OC(=O)OCc1ccccc1. The van der Waals surface area contributed by atoms with E-state index in [9.17, 15) is 14.4 Å². The van der Waals surface area contributed by atoms with Gasteiger partial charge in [-0.15, -0.1) is 0 Å². The minimum Gasteiger partial charge on any atom is -0.493 e. The number of amides is 1. The second-order valence-electron chi connectivity index (χ2n) is 13.8. The lowest BCUT2D eigenvalue weighted by Crippen LogP contribution is -2.47. The van der Waals surface area contributed by atoms with E-state index in [1.54, 1.807) is 29.2 Å². The lowest BCUT2D eigenvalue weighted by Gasteiger charge is -2.41. The summed E-state index contributed by atoms with van der Waals surface area (Å²) in [6, 6.07) is 31.2. The third-order valence-corrected chi connectivity index (χ3v) is 10.3. The maximum atomic E-state index is 13.8. The number of aromatic nitrogens is 1. The second kappa shape index (κ2) is 17.1. The van der Waals surface area contributed by atoms with Crippen LogP contribution in [0.1, 0.15) is 40.0 Å². The van der Waals surface area contributed by atoms with E-state index in [0.29, 0.717) is 16.9 Å². The fourth-order valence-electron chi connectivity index (χ4n) is 7.62. The van der Waals surface area contributed by atoms with Crippen molar-refractivity contribution in [3.8, 4) is 34.5 Å². The first kappa shape index (κ1) is 39.3. The van der Waals surface area contributed by atoms with Crippen LogP contribution in [-0.2, 0) is 27.4 Å². The number of rotatable bonds is 13. The third-order valence-electron chi connectivity index (χ3n) is 10.3. The zero-order valence-corrected chi connectivity index (χ0v) is 33.1. The molecule has 2 aliphatic rings. The number of hydrogen-bond acceptors (Lipinski definition) is 13. The van der Waals surface area contributed by atoms with Gasteiger partial charge in [0.1, 0.15) is 25.9 Å². The van der Waals surface area contributed by atoms with E-state index in [0.717, 1.165) is 27.6 Å². The molecule has 1 fully saturated rings. The highest BCUT2D eigenvalue weighted by Gasteiger charge is 2.51. The van der Waals surface area contributed by atoms with Gasteiger partial charge < -0.3 is 52.9 Å². The Morgan fingerprint density at radius 3 is 1.73 bits per heavy atom. The number of ether oxygens (including phenoxy) is 9. The summed E-state index contributed by atoms with van der Waals surface area (Å²) in [5, 5.41) is 4.52. The molecular formula is C45H41N3O12. The molecule has 60 heavy (non-hydrogen) atoms. The Labute approximate surface area is 344 Å². The maximum absolute atomic E-state index is 13.8. The van der Waals surface area contributed by atoms with Gasteiger partial charge in [0, 0.05) is 40.0 Å². The Morgan fingerprint density at radius 1 is 0.700 bits per heavy atom. The molecule has 0 saturated carbocycles. The predicted octanol–water partition coefficient (Wildman–Crippen LogP) is 8.71. The fraction of sp³-hybridized carbons (Fsp3) is 0.222. The standard InChI is InChI=1S/C45H41N3O12/c1-52-33-19-28(20-34(53-2)41(33)59-44(50)57-23-26-13-7-5-8-14-26)40-39-37(30-17-11-12-18-31(30)47-39)38(32-25-56-43(49)48(32)40)46-29-21-35(54-3)42(36(22-29)55-4)60-45(51)58-24-27-15-9-6-10-16-27/h5-22,32,38,40,46-47H,23-25H2,1-4H3/t32-,38+,40-/m1/s1. The van der Waals surface area contributed by atoms with Crippen molar-refractivity contribution >= 4 is 35.0 Å². The molecule has 0 radical (unpaired) electrons. The molecule has 0 bridgehead atoms. The smallest absolute Gasteiger partial charge is 0.493 e. The lowest BCUT2D eigenvalue weighted by molar-refractivity contribution is 0.0896. The first-order valence-electron chi connectivity index (χ1n) is 18.9. The largest absolute Gasteiger partial charge is 0.514 e. The summed E-state index contributed by atoms with van der Waals surface area (Å²) in [4.78, 5) is 44.8. The van der Waals surface area contributed by atoms with E-state index >= 15 is 0 Å². The van der Waals surface area contributed by atoms with E-state index in [-0.39, 0.29) is 54.3 Å². The highest BCUT2D eigenvalue weighted by Crippen LogP contribution is 2.52. The molecule has 1 saturated heterocycles. The first-order chi connectivity index (χ1) is 29.3. The van der Waals surface area contributed by atoms with Crippen LogP contribution in [0.15, 0.2) is 109 Å². The number of aromatic amines is 1. The molecule has 2 N–H and O–H groups in total. The molecule has 1 aromatic heterocycles. The minimum absolute atomic E-state index is 0.00257. The van der Waals surface area contributed by atoms with Gasteiger partial charge in [-0.3, -0.25) is 4.90 Å². The molecule has 0 unspecified atom stereocenters.